The lowest BCUT2D eigenvalue weighted by Gasteiger charge is -2.19. The number of nitrogens with two attached hydrogens (primary N) is 1. The fourth-order valence-electron chi connectivity index (χ4n) is 3.47. The van der Waals surface area contributed by atoms with E-state index in [0.717, 1.165) is 5.56 Å². The second-order valence-electron chi connectivity index (χ2n) is 6.35. The summed E-state index contributed by atoms with van der Waals surface area (Å²) in [5.41, 5.74) is 7.05. The Morgan fingerprint density at radius 3 is 2.37 bits per heavy atom. The molecule has 0 bridgehead atoms. The molecule has 2 N–H and O–H groups in total. The first-order valence-corrected chi connectivity index (χ1v) is 9.92. The van der Waals surface area contributed by atoms with Gasteiger partial charge in [-0.25, -0.2) is 8.42 Å². The molecule has 3 rings (SSSR count). The molecule has 1 saturated heterocycles. The first-order chi connectivity index (χ1) is 12.5. The van der Waals surface area contributed by atoms with Crippen molar-refractivity contribution in [1.82, 2.24) is 4.31 Å². The third-order valence-electron chi connectivity index (χ3n) is 4.93. The zero-order valence-corrected chi connectivity index (χ0v) is 17.0. The number of sulfonamides is 1. The molecule has 2 aromatic rings. The number of methoxy groups -OCH3 is 2. The van der Waals surface area contributed by atoms with Crippen molar-refractivity contribution in [3.8, 4) is 11.5 Å². The SMILES string of the molecule is COc1ccc(OC)c(S(=O)(=O)N2C[C@@H](CN)[C@H](c3ccccc3)C2)c1.Cl. The highest BCUT2D eigenvalue weighted by Crippen LogP contribution is 2.38. The predicted octanol–water partition coefficient (Wildman–Crippen LogP) is 2.49. The van der Waals surface area contributed by atoms with E-state index in [1.54, 1.807) is 12.1 Å². The zero-order chi connectivity index (χ0) is 18.7. The molecule has 1 aliphatic heterocycles. The second kappa shape index (κ2) is 8.93. The zero-order valence-electron chi connectivity index (χ0n) is 15.4. The Labute approximate surface area is 166 Å². The monoisotopic (exact) mass is 412 g/mol. The molecule has 2 atom stereocenters. The van der Waals surface area contributed by atoms with Crippen LogP contribution in [0.2, 0.25) is 0 Å². The third kappa shape index (κ3) is 4.21. The fraction of sp³-hybridized carbons (Fsp3) is 0.368. The average molecular weight is 413 g/mol. The summed E-state index contributed by atoms with van der Waals surface area (Å²) in [5, 5.41) is 0. The van der Waals surface area contributed by atoms with E-state index in [0.29, 0.717) is 31.1 Å². The number of rotatable bonds is 6. The van der Waals surface area contributed by atoms with Gasteiger partial charge in [-0.1, -0.05) is 30.3 Å². The summed E-state index contributed by atoms with van der Waals surface area (Å²) in [6.07, 6.45) is 0. The summed E-state index contributed by atoms with van der Waals surface area (Å²) in [7, 11) is -0.763. The van der Waals surface area contributed by atoms with Crippen molar-refractivity contribution in [3.05, 3.63) is 54.1 Å². The summed E-state index contributed by atoms with van der Waals surface area (Å²) in [6.45, 7) is 1.22. The van der Waals surface area contributed by atoms with E-state index < -0.39 is 10.0 Å². The maximum atomic E-state index is 13.3. The lowest BCUT2D eigenvalue weighted by Crippen LogP contribution is -2.30. The summed E-state index contributed by atoms with van der Waals surface area (Å²) in [6, 6.07) is 14.7. The molecule has 1 aliphatic rings. The number of hydrogen-bond acceptors (Lipinski definition) is 5. The van der Waals surface area contributed by atoms with Crippen LogP contribution in [-0.4, -0.2) is 46.6 Å². The summed E-state index contributed by atoms with van der Waals surface area (Å²) in [5.74, 6) is 0.924. The van der Waals surface area contributed by atoms with Gasteiger partial charge in [-0.05, 0) is 30.2 Å². The van der Waals surface area contributed by atoms with Gasteiger partial charge in [0.05, 0.1) is 14.2 Å². The Balaban J connectivity index is 0.00000261. The number of ether oxygens (including phenoxy) is 2. The Kier molecular flexibility index (Phi) is 7.11. The standard InChI is InChI=1S/C19H24N2O4S.ClH/c1-24-16-8-9-18(25-2)19(10-16)26(22,23)21-12-15(11-20)17(13-21)14-6-4-3-5-7-14;/h3-10,15,17H,11-13,20H2,1-2H3;1H/t15-,17+;/m1./s1. The van der Waals surface area contributed by atoms with Crippen molar-refractivity contribution in [2.45, 2.75) is 10.8 Å². The quantitative estimate of drug-likeness (QED) is 0.788. The fourth-order valence-corrected chi connectivity index (χ4v) is 5.16. The Bertz CT molecular complexity index is 861. The van der Waals surface area contributed by atoms with Gasteiger partial charge in [0.2, 0.25) is 10.0 Å². The summed E-state index contributed by atoms with van der Waals surface area (Å²) in [4.78, 5) is 0.115. The molecule has 2 aromatic carbocycles. The van der Waals surface area contributed by atoms with Gasteiger partial charge in [-0.2, -0.15) is 4.31 Å². The van der Waals surface area contributed by atoms with Crippen LogP contribution in [0.3, 0.4) is 0 Å². The van der Waals surface area contributed by atoms with Gasteiger partial charge < -0.3 is 15.2 Å². The maximum Gasteiger partial charge on any atom is 0.246 e. The Morgan fingerprint density at radius 1 is 1.07 bits per heavy atom. The number of hydrogen-bond donors (Lipinski definition) is 1. The van der Waals surface area contributed by atoms with Gasteiger partial charge in [0, 0.05) is 25.1 Å². The highest BCUT2D eigenvalue weighted by atomic mass is 35.5. The highest BCUT2D eigenvalue weighted by Gasteiger charge is 2.40. The van der Waals surface area contributed by atoms with E-state index in [9.17, 15) is 8.42 Å². The van der Waals surface area contributed by atoms with E-state index in [4.69, 9.17) is 15.2 Å². The molecule has 8 heteroatoms. The first kappa shape index (κ1) is 21.5. The average Bonchev–Trinajstić information content (AvgIpc) is 3.13. The van der Waals surface area contributed by atoms with Crippen LogP contribution in [-0.2, 0) is 10.0 Å². The van der Waals surface area contributed by atoms with Crippen LogP contribution in [0.1, 0.15) is 11.5 Å². The smallest absolute Gasteiger partial charge is 0.246 e. The number of nitrogens with zero attached hydrogens (tertiary/aromatic N) is 1. The molecular formula is C19H25ClN2O4S. The van der Waals surface area contributed by atoms with E-state index in [1.165, 1.54) is 24.6 Å². The lowest BCUT2D eigenvalue weighted by atomic mass is 9.89. The molecule has 27 heavy (non-hydrogen) atoms. The molecule has 0 aliphatic carbocycles. The summed E-state index contributed by atoms with van der Waals surface area (Å²) >= 11 is 0. The molecule has 0 aromatic heterocycles. The molecule has 0 amide bonds. The minimum Gasteiger partial charge on any atom is -0.497 e. The third-order valence-corrected chi connectivity index (χ3v) is 6.78. The Morgan fingerprint density at radius 2 is 1.78 bits per heavy atom. The molecule has 6 nitrogen and oxygen atoms in total. The Hall–Kier alpha value is -1.80. The van der Waals surface area contributed by atoms with Crippen LogP contribution in [0.25, 0.3) is 0 Å². The van der Waals surface area contributed by atoms with Crippen molar-refractivity contribution in [3.63, 3.8) is 0 Å². The minimum atomic E-state index is -3.73. The van der Waals surface area contributed by atoms with Crippen molar-refractivity contribution < 1.29 is 17.9 Å². The first-order valence-electron chi connectivity index (χ1n) is 8.48. The van der Waals surface area contributed by atoms with Crippen LogP contribution < -0.4 is 15.2 Å². The van der Waals surface area contributed by atoms with Gasteiger partial charge in [-0.3, -0.25) is 0 Å². The topological polar surface area (TPSA) is 81.9 Å². The molecule has 1 heterocycles. The van der Waals surface area contributed by atoms with Gasteiger partial charge in [0.1, 0.15) is 16.4 Å². The van der Waals surface area contributed by atoms with Crippen LogP contribution in [0, 0.1) is 5.92 Å². The van der Waals surface area contributed by atoms with Crippen molar-refractivity contribution in [2.24, 2.45) is 11.7 Å². The predicted molar refractivity (Wildman–Crippen MR) is 107 cm³/mol. The van der Waals surface area contributed by atoms with Crippen molar-refractivity contribution in [2.75, 3.05) is 33.9 Å². The number of halogens is 1. The summed E-state index contributed by atoms with van der Waals surface area (Å²) < 4.78 is 38.5. The molecule has 0 spiro atoms. The molecular weight excluding hydrogens is 388 g/mol. The van der Waals surface area contributed by atoms with Crippen LogP contribution in [0.4, 0.5) is 0 Å². The molecule has 148 valence electrons. The van der Waals surface area contributed by atoms with Crippen molar-refractivity contribution in [1.29, 1.82) is 0 Å². The van der Waals surface area contributed by atoms with E-state index in [1.807, 2.05) is 30.3 Å². The van der Waals surface area contributed by atoms with Crippen LogP contribution in [0.5, 0.6) is 11.5 Å². The minimum absolute atomic E-state index is 0. The van der Waals surface area contributed by atoms with Crippen LogP contribution >= 0.6 is 12.4 Å². The number of benzene rings is 2. The largest absolute Gasteiger partial charge is 0.497 e. The highest BCUT2D eigenvalue weighted by molar-refractivity contribution is 7.89. The normalized spacial score (nSPS) is 20.1. The van der Waals surface area contributed by atoms with Crippen molar-refractivity contribution >= 4 is 22.4 Å². The second-order valence-corrected chi connectivity index (χ2v) is 8.26. The van der Waals surface area contributed by atoms with Gasteiger partial charge in [-0.15, -0.1) is 12.4 Å². The van der Waals surface area contributed by atoms with Gasteiger partial charge in [0.15, 0.2) is 0 Å². The maximum absolute atomic E-state index is 13.3. The molecule has 0 unspecified atom stereocenters. The van der Waals surface area contributed by atoms with Gasteiger partial charge >= 0.3 is 0 Å². The molecule has 0 radical (unpaired) electrons. The van der Waals surface area contributed by atoms with Crippen LogP contribution in [0.15, 0.2) is 53.4 Å². The molecule has 0 saturated carbocycles. The van der Waals surface area contributed by atoms with E-state index in [2.05, 4.69) is 0 Å². The molecule has 1 fully saturated rings. The lowest BCUT2D eigenvalue weighted by molar-refractivity contribution is 0.388. The van der Waals surface area contributed by atoms with E-state index >= 15 is 0 Å². The van der Waals surface area contributed by atoms with E-state index in [-0.39, 0.29) is 29.1 Å². The van der Waals surface area contributed by atoms with Gasteiger partial charge in [0.25, 0.3) is 0 Å².